The van der Waals surface area contributed by atoms with Crippen LogP contribution in [0.25, 0.3) is 10.6 Å². The highest BCUT2D eigenvalue weighted by atomic mass is 79.9. The molecule has 0 spiro atoms. The van der Waals surface area contributed by atoms with Crippen molar-refractivity contribution in [1.29, 1.82) is 0 Å². The highest BCUT2D eigenvalue weighted by Crippen LogP contribution is 2.41. The first-order chi connectivity index (χ1) is 9.65. The van der Waals surface area contributed by atoms with E-state index in [-0.39, 0.29) is 5.78 Å². The molecule has 0 saturated carbocycles. The molecule has 1 aliphatic heterocycles. The van der Waals surface area contributed by atoms with E-state index in [1.54, 1.807) is 5.38 Å². The van der Waals surface area contributed by atoms with E-state index in [1.807, 2.05) is 12.1 Å². The molecule has 0 unspecified atom stereocenters. The van der Waals surface area contributed by atoms with E-state index < -0.39 is 0 Å². The van der Waals surface area contributed by atoms with Crippen molar-refractivity contribution in [3.05, 3.63) is 27.7 Å². The van der Waals surface area contributed by atoms with Crippen LogP contribution in [0.1, 0.15) is 23.8 Å². The molecular weight excluding hydrogens is 342 g/mol. The second-order valence-corrected chi connectivity index (χ2v) is 6.14. The van der Waals surface area contributed by atoms with Crippen LogP contribution in [0.4, 0.5) is 0 Å². The molecule has 0 saturated heterocycles. The van der Waals surface area contributed by atoms with Gasteiger partial charge in [-0.3, -0.25) is 4.79 Å². The van der Waals surface area contributed by atoms with Crippen LogP contribution >= 0.6 is 27.3 Å². The molecule has 2 aromatic rings. The molecule has 0 bridgehead atoms. The predicted octanol–water partition coefficient (Wildman–Crippen LogP) is 3.94. The Balaban J connectivity index is 2.03. The summed E-state index contributed by atoms with van der Waals surface area (Å²) >= 11 is 4.95. The minimum atomic E-state index is -0.0269. The highest BCUT2D eigenvalue weighted by molar-refractivity contribution is 9.10. The summed E-state index contributed by atoms with van der Waals surface area (Å²) in [5.74, 6) is 1.42. The van der Waals surface area contributed by atoms with Crippen LogP contribution in [0.15, 0.2) is 22.0 Å². The van der Waals surface area contributed by atoms with Crippen LogP contribution in [0, 0.1) is 0 Å². The molecule has 1 aliphatic rings. The fourth-order valence-corrected chi connectivity index (χ4v) is 3.33. The number of benzene rings is 1. The lowest BCUT2D eigenvalue weighted by Crippen LogP contribution is -1.97. The average molecular weight is 354 g/mol. The monoisotopic (exact) mass is 353 g/mol. The van der Waals surface area contributed by atoms with Crippen LogP contribution < -0.4 is 9.47 Å². The summed E-state index contributed by atoms with van der Waals surface area (Å²) < 4.78 is 12.2. The van der Waals surface area contributed by atoms with Gasteiger partial charge in [0.15, 0.2) is 17.3 Å². The van der Waals surface area contributed by atoms with Crippen molar-refractivity contribution in [3.8, 4) is 22.1 Å². The first-order valence-corrected chi connectivity index (χ1v) is 7.88. The van der Waals surface area contributed by atoms with Gasteiger partial charge < -0.3 is 9.47 Å². The van der Waals surface area contributed by atoms with E-state index in [0.717, 1.165) is 27.2 Å². The molecule has 0 radical (unpaired) electrons. The summed E-state index contributed by atoms with van der Waals surface area (Å²) in [5, 5.41) is 2.57. The predicted molar refractivity (Wildman–Crippen MR) is 80.9 cm³/mol. The van der Waals surface area contributed by atoms with E-state index in [2.05, 4.69) is 20.9 Å². The summed E-state index contributed by atoms with van der Waals surface area (Å²) in [6.07, 6.45) is 0.863. The fraction of sp³-hybridized carbons (Fsp3) is 0.286. The number of ether oxygens (including phenoxy) is 2. The van der Waals surface area contributed by atoms with Gasteiger partial charge in [-0.15, -0.1) is 11.3 Å². The Morgan fingerprint density at radius 3 is 2.90 bits per heavy atom. The van der Waals surface area contributed by atoms with Gasteiger partial charge in [-0.2, -0.15) is 0 Å². The minimum absolute atomic E-state index is 0.0269. The summed E-state index contributed by atoms with van der Waals surface area (Å²) in [6.45, 7) is 2.80. The number of carbonyl (C=O) groups is 1. The molecule has 1 aromatic heterocycles. The Morgan fingerprint density at radius 2 is 2.15 bits per heavy atom. The molecule has 1 aromatic carbocycles. The second kappa shape index (κ2) is 5.54. The molecule has 0 N–H and O–H groups in total. The lowest BCUT2D eigenvalue weighted by molar-refractivity contribution is 0.101. The molecule has 0 aliphatic carbocycles. The van der Waals surface area contributed by atoms with Gasteiger partial charge in [-0.25, -0.2) is 4.98 Å². The summed E-state index contributed by atoms with van der Waals surface area (Å²) in [7, 11) is 0. The van der Waals surface area contributed by atoms with E-state index in [0.29, 0.717) is 24.7 Å². The SMILES string of the molecule is CC(=O)c1csc(-c2cc(Br)c3c(c2)OCCCO3)n1. The van der Waals surface area contributed by atoms with Crippen molar-refractivity contribution in [3.63, 3.8) is 0 Å². The Bertz CT molecular complexity index is 668. The smallest absolute Gasteiger partial charge is 0.178 e. The molecule has 0 amide bonds. The first-order valence-electron chi connectivity index (χ1n) is 6.21. The van der Waals surface area contributed by atoms with Gasteiger partial charge >= 0.3 is 0 Å². The molecule has 0 atom stereocenters. The van der Waals surface area contributed by atoms with Gasteiger partial charge in [-0.05, 0) is 28.1 Å². The lowest BCUT2D eigenvalue weighted by atomic mass is 10.2. The van der Waals surface area contributed by atoms with Crippen molar-refractivity contribution < 1.29 is 14.3 Å². The highest BCUT2D eigenvalue weighted by Gasteiger charge is 2.17. The maximum atomic E-state index is 11.3. The van der Waals surface area contributed by atoms with Crippen LogP contribution in [-0.2, 0) is 0 Å². The molecule has 20 heavy (non-hydrogen) atoms. The van der Waals surface area contributed by atoms with Gasteiger partial charge in [0, 0.05) is 24.3 Å². The average Bonchev–Trinajstić information content (AvgIpc) is 2.79. The van der Waals surface area contributed by atoms with Gasteiger partial charge in [-0.1, -0.05) is 0 Å². The van der Waals surface area contributed by atoms with Crippen LogP contribution in [0.2, 0.25) is 0 Å². The Hall–Kier alpha value is -1.40. The summed E-state index contributed by atoms with van der Waals surface area (Å²) in [4.78, 5) is 15.7. The number of hydrogen-bond donors (Lipinski definition) is 0. The number of nitrogens with zero attached hydrogens (tertiary/aromatic N) is 1. The van der Waals surface area contributed by atoms with E-state index >= 15 is 0 Å². The molecule has 3 rings (SSSR count). The summed E-state index contributed by atoms with van der Waals surface area (Å²) in [6, 6.07) is 3.85. The van der Waals surface area contributed by atoms with Gasteiger partial charge in [0.05, 0.1) is 17.7 Å². The number of carbonyl (C=O) groups excluding carboxylic acids is 1. The molecule has 104 valence electrons. The molecular formula is C14H12BrNO3S. The zero-order chi connectivity index (χ0) is 14.1. The number of halogens is 1. The van der Waals surface area contributed by atoms with Crippen LogP contribution in [-0.4, -0.2) is 24.0 Å². The lowest BCUT2D eigenvalue weighted by Gasteiger charge is -2.10. The van der Waals surface area contributed by atoms with Gasteiger partial charge in [0.25, 0.3) is 0 Å². The standard InChI is InChI=1S/C14H12BrNO3S/c1-8(17)11-7-20-14(16-11)9-5-10(15)13-12(6-9)18-3-2-4-19-13/h5-7H,2-4H2,1H3. The molecule has 6 heteroatoms. The number of ketones is 1. The van der Waals surface area contributed by atoms with Gasteiger partial charge in [0.1, 0.15) is 10.7 Å². The largest absolute Gasteiger partial charge is 0.489 e. The molecule has 2 heterocycles. The number of rotatable bonds is 2. The summed E-state index contributed by atoms with van der Waals surface area (Å²) in [5.41, 5.74) is 1.41. The normalized spacial score (nSPS) is 13.9. The van der Waals surface area contributed by atoms with Gasteiger partial charge in [0.2, 0.25) is 0 Å². The van der Waals surface area contributed by atoms with Crippen LogP contribution in [0.3, 0.4) is 0 Å². The van der Waals surface area contributed by atoms with Crippen molar-refractivity contribution in [2.24, 2.45) is 0 Å². The first kappa shape index (κ1) is 13.6. The maximum Gasteiger partial charge on any atom is 0.178 e. The zero-order valence-electron chi connectivity index (χ0n) is 10.8. The number of thiazole rings is 1. The Kier molecular flexibility index (Phi) is 3.76. The molecule has 4 nitrogen and oxygen atoms in total. The van der Waals surface area contributed by atoms with Crippen LogP contribution in [0.5, 0.6) is 11.5 Å². The third-order valence-corrected chi connectivity index (χ3v) is 4.39. The minimum Gasteiger partial charge on any atom is -0.489 e. The van der Waals surface area contributed by atoms with Crippen molar-refractivity contribution in [1.82, 2.24) is 4.98 Å². The second-order valence-electron chi connectivity index (χ2n) is 4.43. The number of aromatic nitrogens is 1. The number of hydrogen-bond acceptors (Lipinski definition) is 5. The zero-order valence-corrected chi connectivity index (χ0v) is 13.2. The van der Waals surface area contributed by atoms with E-state index in [1.165, 1.54) is 18.3 Å². The third-order valence-electron chi connectivity index (χ3n) is 2.91. The molecule has 0 fully saturated rings. The van der Waals surface area contributed by atoms with Crippen molar-refractivity contribution in [2.45, 2.75) is 13.3 Å². The third kappa shape index (κ3) is 2.58. The fourth-order valence-electron chi connectivity index (χ4n) is 1.92. The van der Waals surface area contributed by atoms with Crippen molar-refractivity contribution in [2.75, 3.05) is 13.2 Å². The number of Topliss-reactive ketones (excluding diaryl/α,β-unsaturated/α-hetero) is 1. The maximum absolute atomic E-state index is 11.3. The topological polar surface area (TPSA) is 48.4 Å². The van der Waals surface area contributed by atoms with Crippen molar-refractivity contribution >= 4 is 33.0 Å². The number of fused-ring (bicyclic) bond motifs is 1. The quantitative estimate of drug-likeness (QED) is 0.767. The van der Waals surface area contributed by atoms with E-state index in [4.69, 9.17) is 9.47 Å². The Morgan fingerprint density at radius 1 is 1.35 bits per heavy atom. The van der Waals surface area contributed by atoms with E-state index in [9.17, 15) is 4.79 Å². The Labute approximate surface area is 128 Å².